The van der Waals surface area contributed by atoms with Crippen LogP contribution in [0.25, 0.3) is 11.1 Å². The quantitative estimate of drug-likeness (QED) is 0.351. The molecule has 0 radical (unpaired) electrons. The molecule has 0 atom stereocenters. The van der Waals surface area contributed by atoms with Gasteiger partial charge in [-0.1, -0.05) is 61.9 Å². The lowest BCUT2D eigenvalue weighted by atomic mass is 9.98. The molecule has 0 heterocycles. The van der Waals surface area contributed by atoms with E-state index in [-0.39, 0.29) is 30.0 Å². The van der Waals surface area contributed by atoms with E-state index in [4.69, 9.17) is 4.74 Å². The predicted octanol–water partition coefficient (Wildman–Crippen LogP) is 7.42. The van der Waals surface area contributed by atoms with Gasteiger partial charge in [0.2, 0.25) is 5.82 Å². The molecular weight excluding hydrogens is 385 g/mol. The van der Waals surface area contributed by atoms with Crippen molar-refractivity contribution >= 4 is 0 Å². The molecule has 1 nitrogen and oxygen atoms in total. The zero-order chi connectivity index (χ0) is 21.5. The second kappa shape index (κ2) is 10.1. The molecule has 156 valence electrons. The number of hydrogen-bond acceptors (Lipinski definition) is 1. The van der Waals surface area contributed by atoms with Gasteiger partial charge in [0.25, 0.3) is 0 Å². The normalized spacial score (nSPS) is 11.2. The largest absolute Gasteiger partial charge is 0.462 e. The van der Waals surface area contributed by atoms with E-state index in [0.717, 1.165) is 24.0 Å². The fourth-order valence-electron chi connectivity index (χ4n) is 3.35. The lowest BCUT2D eigenvalue weighted by Gasteiger charge is -2.10. The summed E-state index contributed by atoms with van der Waals surface area (Å²) in [6, 6.07) is 16.0. The third-order valence-corrected chi connectivity index (χ3v) is 5.00. The van der Waals surface area contributed by atoms with Crippen LogP contribution in [0, 0.1) is 17.5 Å². The molecule has 0 saturated carbocycles. The highest BCUT2D eigenvalue weighted by atomic mass is 19.2. The molecule has 4 heteroatoms. The number of hydrogen-bond donors (Lipinski definition) is 0. The topological polar surface area (TPSA) is 9.23 Å². The van der Waals surface area contributed by atoms with Crippen LogP contribution in [0.2, 0.25) is 0 Å². The van der Waals surface area contributed by atoms with Crippen LogP contribution in [0.15, 0.2) is 66.9 Å². The Labute approximate surface area is 175 Å². The van der Waals surface area contributed by atoms with Crippen molar-refractivity contribution in [1.82, 2.24) is 0 Å². The summed E-state index contributed by atoms with van der Waals surface area (Å²) >= 11 is 0. The minimum atomic E-state index is -1.03. The zero-order valence-electron chi connectivity index (χ0n) is 17.2. The van der Waals surface area contributed by atoms with E-state index in [9.17, 15) is 13.2 Å². The van der Waals surface area contributed by atoms with Gasteiger partial charge in [-0.05, 0) is 66.1 Å². The van der Waals surface area contributed by atoms with E-state index in [1.807, 2.05) is 18.2 Å². The lowest BCUT2D eigenvalue weighted by molar-refractivity contribution is 0.411. The van der Waals surface area contributed by atoms with E-state index < -0.39 is 11.6 Å². The van der Waals surface area contributed by atoms with Gasteiger partial charge < -0.3 is 4.74 Å². The van der Waals surface area contributed by atoms with E-state index >= 15 is 0 Å². The number of allylic oxidation sites excluding steroid dienone is 1. The third kappa shape index (κ3) is 5.12. The number of ether oxygens (including phenoxy) is 1. The highest BCUT2D eigenvalue weighted by molar-refractivity contribution is 5.64. The van der Waals surface area contributed by atoms with Crippen LogP contribution < -0.4 is 4.74 Å². The van der Waals surface area contributed by atoms with Gasteiger partial charge in [-0.3, -0.25) is 0 Å². The average molecular weight is 410 g/mol. The van der Waals surface area contributed by atoms with Crippen LogP contribution in [-0.4, -0.2) is 0 Å². The number of aryl methyl sites for hydroxylation is 3. The molecule has 0 bridgehead atoms. The summed E-state index contributed by atoms with van der Waals surface area (Å²) in [5.41, 5.74) is 3.66. The minimum Gasteiger partial charge on any atom is -0.462 e. The maximum Gasteiger partial charge on any atom is 0.201 e. The van der Waals surface area contributed by atoms with Crippen molar-refractivity contribution in [2.75, 3.05) is 0 Å². The van der Waals surface area contributed by atoms with E-state index in [1.54, 1.807) is 19.1 Å². The molecule has 3 aromatic carbocycles. The minimum absolute atomic E-state index is 0.171. The highest BCUT2D eigenvalue weighted by Crippen LogP contribution is 2.26. The summed E-state index contributed by atoms with van der Waals surface area (Å²) in [7, 11) is 0. The molecular formula is C26H25F3O. The summed E-state index contributed by atoms with van der Waals surface area (Å²) in [4.78, 5) is 0. The first-order valence-corrected chi connectivity index (χ1v) is 10.2. The van der Waals surface area contributed by atoms with Gasteiger partial charge >= 0.3 is 0 Å². The van der Waals surface area contributed by atoms with E-state index in [0.29, 0.717) is 5.56 Å². The Balaban J connectivity index is 1.71. The average Bonchev–Trinajstić information content (AvgIpc) is 2.75. The van der Waals surface area contributed by atoms with Crippen LogP contribution in [0.1, 0.15) is 37.0 Å². The third-order valence-electron chi connectivity index (χ3n) is 5.00. The first-order valence-electron chi connectivity index (χ1n) is 10.2. The smallest absolute Gasteiger partial charge is 0.201 e. The monoisotopic (exact) mass is 410 g/mol. The molecule has 0 spiro atoms. The Hall–Kier alpha value is -3.01. The number of benzene rings is 3. The number of rotatable bonds is 8. The van der Waals surface area contributed by atoms with Crippen molar-refractivity contribution in [1.29, 1.82) is 0 Å². The second-order valence-electron chi connectivity index (χ2n) is 7.19. The molecule has 0 aliphatic rings. The van der Waals surface area contributed by atoms with Crippen LogP contribution in [0.3, 0.4) is 0 Å². The molecule has 0 aromatic heterocycles. The van der Waals surface area contributed by atoms with Crippen LogP contribution >= 0.6 is 0 Å². The molecule has 0 amide bonds. The van der Waals surface area contributed by atoms with Crippen molar-refractivity contribution in [2.24, 2.45) is 0 Å². The standard InChI is InChI=1S/C26H25F3O/c1-3-5-18-6-8-19(9-7-18)22-13-11-20(23(27)17-22)10-12-21-14-15-24(30-16-4-2)26(29)25(21)28/h4,6-9,11,13-17H,3,5,10,12H2,1-2H3. The second-order valence-corrected chi connectivity index (χ2v) is 7.19. The van der Waals surface area contributed by atoms with Gasteiger partial charge in [-0.15, -0.1) is 0 Å². The van der Waals surface area contributed by atoms with Gasteiger partial charge in [0.1, 0.15) is 5.82 Å². The molecule has 3 rings (SSSR count). The molecule has 0 aliphatic heterocycles. The zero-order valence-corrected chi connectivity index (χ0v) is 17.2. The van der Waals surface area contributed by atoms with Crippen LogP contribution in [-0.2, 0) is 19.3 Å². The van der Waals surface area contributed by atoms with Crippen LogP contribution in [0.4, 0.5) is 13.2 Å². The Kier molecular flexibility index (Phi) is 7.34. The van der Waals surface area contributed by atoms with Gasteiger partial charge in [-0.2, -0.15) is 4.39 Å². The van der Waals surface area contributed by atoms with Gasteiger partial charge in [0, 0.05) is 0 Å². The Morgan fingerprint density at radius 2 is 1.43 bits per heavy atom. The highest BCUT2D eigenvalue weighted by Gasteiger charge is 2.15. The SMILES string of the molecule is CC=COc1ccc(CCc2ccc(-c3ccc(CCC)cc3)cc2F)c(F)c1F. The molecule has 30 heavy (non-hydrogen) atoms. The fraction of sp³-hybridized carbons (Fsp3) is 0.231. The fourth-order valence-corrected chi connectivity index (χ4v) is 3.35. The van der Waals surface area contributed by atoms with Crippen molar-refractivity contribution in [3.05, 3.63) is 101 Å². The molecule has 0 unspecified atom stereocenters. The summed E-state index contributed by atoms with van der Waals surface area (Å²) in [6.07, 6.45) is 5.43. The summed E-state index contributed by atoms with van der Waals surface area (Å²) in [5, 5.41) is 0. The molecule has 3 aromatic rings. The van der Waals surface area contributed by atoms with Crippen LogP contribution in [0.5, 0.6) is 5.75 Å². The Bertz CT molecular complexity index is 1020. The number of halogens is 3. The van der Waals surface area contributed by atoms with Crippen molar-refractivity contribution in [3.8, 4) is 16.9 Å². The lowest BCUT2D eigenvalue weighted by Crippen LogP contribution is -2.01. The summed E-state index contributed by atoms with van der Waals surface area (Å²) in [5.74, 6) is -2.51. The Morgan fingerprint density at radius 1 is 0.767 bits per heavy atom. The maximum atomic E-state index is 14.6. The summed E-state index contributed by atoms with van der Waals surface area (Å²) < 4.78 is 48.0. The molecule has 0 aliphatic carbocycles. The first-order chi connectivity index (χ1) is 14.5. The first kappa shape index (κ1) is 21.7. The van der Waals surface area contributed by atoms with E-state index in [2.05, 4.69) is 19.1 Å². The van der Waals surface area contributed by atoms with Crippen molar-refractivity contribution in [3.63, 3.8) is 0 Å². The van der Waals surface area contributed by atoms with Crippen molar-refractivity contribution < 1.29 is 17.9 Å². The molecule has 0 fully saturated rings. The van der Waals surface area contributed by atoms with Gasteiger partial charge in [0.15, 0.2) is 11.6 Å². The predicted molar refractivity (Wildman–Crippen MR) is 115 cm³/mol. The van der Waals surface area contributed by atoms with E-state index in [1.165, 1.54) is 30.0 Å². The van der Waals surface area contributed by atoms with Gasteiger partial charge in [0.05, 0.1) is 6.26 Å². The summed E-state index contributed by atoms with van der Waals surface area (Å²) in [6.45, 7) is 3.85. The van der Waals surface area contributed by atoms with Gasteiger partial charge in [-0.25, -0.2) is 8.78 Å². The molecule has 0 N–H and O–H groups in total. The Morgan fingerprint density at radius 3 is 2.10 bits per heavy atom. The maximum absolute atomic E-state index is 14.6. The van der Waals surface area contributed by atoms with Crippen molar-refractivity contribution in [2.45, 2.75) is 39.5 Å². The molecule has 0 saturated heterocycles.